The van der Waals surface area contributed by atoms with E-state index in [2.05, 4.69) is 15.0 Å². The Hall–Kier alpha value is -2.59. The number of benzene rings is 2. The minimum atomic E-state index is -0.0833. The number of aromatic amines is 1. The predicted octanol–water partition coefficient (Wildman–Crippen LogP) is 4.39. The molecule has 3 aromatic rings. The van der Waals surface area contributed by atoms with Crippen LogP contribution in [0.2, 0.25) is 0 Å². The van der Waals surface area contributed by atoms with E-state index in [1.165, 1.54) is 0 Å². The molecule has 3 rings (SSSR count). The van der Waals surface area contributed by atoms with Crippen molar-refractivity contribution in [2.45, 2.75) is 20.4 Å². The van der Waals surface area contributed by atoms with E-state index in [1.54, 1.807) is 14.2 Å². The van der Waals surface area contributed by atoms with Crippen molar-refractivity contribution in [1.29, 1.82) is 0 Å². The molecule has 0 spiro atoms. The second kappa shape index (κ2) is 11.0. The molecule has 0 radical (unpaired) electrons. The molecular weight excluding hydrogens is 300 g/mol. The van der Waals surface area contributed by atoms with Crippen molar-refractivity contribution in [2.75, 3.05) is 14.2 Å². The number of nitrogens with one attached hydrogen (secondary N) is 2. The average molecular weight is 326 g/mol. The van der Waals surface area contributed by atoms with Crippen LogP contribution < -0.4 is 5.32 Å². The molecule has 0 bridgehead atoms. The standard InChI is InChI=1S/C16H14N2O.C2H6O.C2H6/c19-16(17-11-12-6-2-1-3-7-12)15-10-13-8-4-5-9-14(13)18-15;1-3-2;1-2/h1-10,18H,11H2,(H,17,19);1-2H3;1-2H3. The fraction of sp³-hybridized carbons (Fsp3) is 0.250. The quantitative estimate of drug-likeness (QED) is 0.750. The first kappa shape index (κ1) is 19.5. The molecule has 0 aliphatic carbocycles. The summed E-state index contributed by atoms with van der Waals surface area (Å²) in [7, 11) is 3.25. The van der Waals surface area contributed by atoms with Crippen LogP contribution in [0.1, 0.15) is 29.9 Å². The topological polar surface area (TPSA) is 54.1 Å². The number of fused-ring (bicyclic) bond motifs is 1. The molecule has 2 aromatic carbocycles. The highest BCUT2D eigenvalue weighted by molar-refractivity contribution is 5.97. The van der Waals surface area contributed by atoms with Crippen molar-refractivity contribution in [3.63, 3.8) is 0 Å². The number of aromatic nitrogens is 1. The second-order valence-corrected chi connectivity index (χ2v) is 4.85. The largest absolute Gasteiger partial charge is 0.388 e. The summed E-state index contributed by atoms with van der Waals surface area (Å²) in [4.78, 5) is 15.2. The lowest BCUT2D eigenvalue weighted by atomic mass is 10.2. The number of rotatable bonds is 3. The summed E-state index contributed by atoms with van der Waals surface area (Å²) in [6.07, 6.45) is 0. The summed E-state index contributed by atoms with van der Waals surface area (Å²) in [5.74, 6) is -0.0833. The third-order valence-electron chi connectivity index (χ3n) is 3.07. The minimum absolute atomic E-state index is 0.0833. The molecule has 0 aliphatic rings. The highest BCUT2D eigenvalue weighted by atomic mass is 16.4. The minimum Gasteiger partial charge on any atom is -0.388 e. The van der Waals surface area contributed by atoms with Crippen molar-refractivity contribution in [2.24, 2.45) is 0 Å². The Bertz CT molecular complexity index is 688. The Morgan fingerprint density at radius 1 is 1.00 bits per heavy atom. The normalized spacial score (nSPS) is 9.33. The summed E-state index contributed by atoms with van der Waals surface area (Å²) in [5.41, 5.74) is 2.66. The number of methoxy groups -OCH3 is 1. The van der Waals surface area contributed by atoms with Crippen molar-refractivity contribution >= 4 is 16.8 Å². The maximum atomic E-state index is 12.0. The number of para-hydroxylation sites is 1. The molecule has 24 heavy (non-hydrogen) atoms. The molecule has 0 atom stereocenters. The van der Waals surface area contributed by atoms with Crippen LogP contribution in [0, 0.1) is 0 Å². The third kappa shape index (κ3) is 5.89. The number of carbonyl (C=O) groups is 1. The van der Waals surface area contributed by atoms with Crippen molar-refractivity contribution in [3.05, 3.63) is 71.9 Å². The van der Waals surface area contributed by atoms with Gasteiger partial charge in [-0.2, -0.15) is 0 Å². The molecule has 1 aromatic heterocycles. The van der Waals surface area contributed by atoms with Crippen LogP contribution >= 0.6 is 0 Å². The Labute approximate surface area is 143 Å². The number of ether oxygens (including phenoxy) is 1. The Morgan fingerprint density at radius 3 is 2.21 bits per heavy atom. The zero-order chi connectivity index (χ0) is 17.8. The lowest BCUT2D eigenvalue weighted by Crippen LogP contribution is -2.22. The fourth-order valence-corrected chi connectivity index (χ4v) is 2.07. The van der Waals surface area contributed by atoms with Crippen LogP contribution in [0.15, 0.2) is 60.7 Å². The van der Waals surface area contributed by atoms with Gasteiger partial charge in [0, 0.05) is 31.7 Å². The lowest BCUT2D eigenvalue weighted by molar-refractivity contribution is 0.0947. The average Bonchev–Trinajstić information content (AvgIpc) is 3.07. The van der Waals surface area contributed by atoms with Gasteiger partial charge in [-0.3, -0.25) is 4.79 Å². The summed E-state index contributed by atoms with van der Waals surface area (Å²) >= 11 is 0. The van der Waals surface area contributed by atoms with E-state index < -0.39 is 0 Å². The number of hydrogen-bond donors (Lipinski definition) is 2. The number of hydrogen-bond acceptors (Lipinski definition) is 2. The Balaban J connectivity index is 0.000000521. The first-order chi connectivity index (χ1) is 11.7. The van der Waals surface area contributed by atoms with Gasteiger partial charge in [-0.1, -0.05) is 62.4 Å². The number of H-pyrrole nitrogens is 1. The highest BCUT2D eigenvalue weighted by Gasteiger charge is 2.08. The third-order valence-corrected chi connectivity index (χ3v) is 3.07. The summed E-state index contributed by atoms with van der Waals surface area (Å²) in [6, 6.07) is 19.6. The first-order valence-electron chi connectivity index (χ1n) is 8.04. The molecule has 1 heterocycles. The number of amides is 1. The molecule has 4 nitrogen and oxygen atoms in total. The Kier molecular flexibility index (Phi) is 8.94. The van der Waals surface area contributed by atoms with E-state index in [9.17, 15) is 4.79 Å². The first-order valence-corrected chi connectivity index (χ1v) is 8.04. The zero-order valence-corrected chi connectivity index (χ0v) is 14.8. The van der Waals surface area contributed by atoms with Crippen molar-refractivity contribution < 1.29 is 9.53 Å². The smallest absolute Gasteiger partial charge is 0.267 e. The van der Waals surface area contributed by atoms with E-state index >= 15 is 0 Å². The molecule has 0 saturated carbocycles. The van der Waals surface area contributed by atoms with Gasteiger partial charge in [0.15, 0.2) is 0 Å². The van der Waals surface area contributed by atoms with Crippen molar-refractivity contribution in [1.82, 2.24) is 10.3 Å². The van der Waals surface area contributed by atoms with Crippen LogP contribution in [0.4, 0.5) is 0 Å². The van der Waals surface area contributed by atoms with Gasteiger partial charge in [0.25, 0.3) is 5.91 Å². The molecule has 2 N–H and O–H groups in total. The van der Waals surface area contributed by atoms with E-state index in [-0.39, 0.29) is 5.91 Å². The predicted molar refractivity (Wildman–Crippen MR) is 100 cm³/mol. The molecule has 0 saturated heterocycles. The molecule has 4 heteroatoms. The van der Waals surface area contributed by atoms with Crippen LogP contribution in [-0.2, 0) is 11.3 Å². The molecule has 1 amide bonds. The maximum absolute atomic E-state index is 12.0. The molecule has 0 aliphatic heterocycles. The summed E-state index contributed by atoms with van der Waals surface area (Å²) < 4.78 is 4.25. The summed E-state index contributed by atoms with van der Waals surface area (Å²) in [5, 5.41) is 3.95. The van der Waals surface area contributed by atoms with E-state index in [0.29, 0.717) is 12.2 Å². The van der Waals surface area contributed by atoms with Gasteiger partial charge in [-0.05, 0) is 17.7 Å². The number of carbonyl (C=O) groups excluding carboxylic acids is 1. The van der Waals surface area contributed by atoms with Crippen LogP contribution in [0.25, 0.3) is 10.9 Å². The van der Waals surface area contributed by atoms with Gasteiger partial charge in [0.05, 0.1) is 0 Å². The van der Waals surface area contributed by atoms with Gasteiger partial charge in [0.2, 0.25) is 0 Å². The molecule has 128 valence electrons. The monoisotopic (exact) mass is 326 g/mol. The molecule has 0 unspecified atom stereocenters. The zero-order valence-electron chi connectivity index (χ0n) is 14.8. The molecule has 0 fully saturated rings. The highest BCUT2D eigenvalue weighted by Crippen LogP contribution is 2.14. The van der Waals surface area contributed by atoms with Gasteiger partial charge in [-0.15, -0.1) is 0 Å². The van der Waals surface area contributed by atoms with E-state index in [1.807, 2.05) is 74.5 Å². The fourth-order valence-electron chi connectivity index (χ4n) is 2.07. The second-order valence-electron chi connectivity index (χ2n) is 4.85. The van der Waals surface area contributed by atoms with Gasteiger partial charge < -0.3 is 15.0 Å². The SMILES string of the molecule is CC.COC.O=C(NCc1ccccc1)c1cc2ccccc2[nH]1. The Morgan fingerprint density at radius 2 is 1.58 bits per heavy atom. The van der Waals surface area contributed by atoms with Crippen LogP contribution in [-0.4, -0.2) is 25.1 Å². The van der Waals surface area contributed by atoms with Crippen LogP contribution in [0.3, 0.4) is 0 Å². The van der Waals surface area contributed by atoms with Gasteiger partial charge in [-0.25, -0.2) is 0 Å². The van der Waals surface area contributed by atoms with Gasteiger partial charge >= 0.3 is 0 Å². The van der Waals surface area contributed by atoms with Crippen molar-refractivity contribution in [3.8, 4) is 0 Å². The maximum Gasteiger partial charge on any atom is 0.267 e. The molecular formula is C20H26N2O2. The van der Waals surface area contributed by atoms with E-state index in [4.69, 9.17) is 0 Å². The van der Waals surface area contributed by atoms with Gasteiger partial charge in [0.1, 0.15) is 5.69 Å². The van der Waals surface area contributed by atoms with Crippen LogP contribution in [0.5, 0.6) is 0 Å². The van der Waals surface area contributed by atoms with E-state index in [0.717, 1.165) is 16.5 Å². The summed E-state index contributed by atoms with van der Waals surface area (Å²) in [6.45, 7) is 4.54. The lowest BCUT2D eigenvalue weighted by Gasteiger charge is -2.03.